The van der Waals surface area contributed by atoms with Gasteiger partial charge in [0, 0.05) is 19.3 Å². The highest BCUT2D eigenvalue weighted by atomic mass is 16.5. The van der Waals surface area contributed by atoms with Crippen LogP contribution in [0.25, 0.3) is 0 Å². The number of rotatable bonds is 3. The predicted molar refractivity (Wildman–Crippen MR) is 66.9 cm³/mol. The van der Waals surface area contributed by atoms with Gasteiger partial charge in [-0.05, 0) is 13.0 Å². The van der Waals surface area contributed by atoms with E-state index < -0.39 is 0 Å². The van der Waals surface area contributed by atoms with Crippen LogP contribution in [0.15, 0.2) is 12.3 Å². The molecule has 18 heavy (non-hydrogen) atoms. The summed E-state index contributed by atoms with van der Waals surface area (Å²) >= 11 is 0. The summed E-state index contributed by atoms with van der Waals surface area (Å²) in [5, 5.41) is 3.02. The topological polar surface area (TPSA) is 93.4 Å². The summed E-state index contributed by atoms with van der Waals surface area (Å²) in [5.41, 5.74) is 5.48. The zero-order valence-corrected chi connectivity index (χ0v) is 10.3. The maximum atomic E-state index is 12.1. The largest absolute Gasteiger partial charge is 0.378 e. The van der Waals surface area contributed by atoms with Gasteiger partial charge in [0.1, 0.15) is 11.9 Å². The van der Waals surface area contributed by atoms with Crippen molar-refractivity contribution in [2.75, 3.05) is 37.4 Å². The van der Waals surface area contributed by atoms with E-state index in [2.05, 4.69) is 15.3 Å². The summed E-state index contributed by atoms with van der Waals surface area (Å²) in [4.78, 5) is 21.7. The second-order valence-corrected chi connectivity index (χ2v) is 4.10. The van der Waals surface area contributed by atoms with Crippen LogP contribution in [0, 0.1) is 0 Å². The van der Waals surface area contributed by atoms with E-state index in [0.29, 0.717) is 32.1 Å². The lowest BCUT2D eigenvalue weighted by atomic mass is 10.2. The molecule has 7 heteroatoms. The van der Waals surface area contributed by atoms with Crippen molar-refractivity contribution >= 4 is 17.7 Å². The Morgan fingerprint density at radius 3 is 2.94 bits per heavy atom. The normalized spacial score (nSPS) is 17.3. The molecule has 0 spiro atoms. The van der Waals surface area contributed by atoms with Gasteiger partial charge < -0.3 is 20.7 Å². The number of morpholine rings is 1. The van der Waals surface area contributed by atoms with Crippen molar-refractivity contribution in [2.24, 2.45) is 0 Å². The number of nitrogen functional groups attached to an aromatic ring is 1. The number of nitrogens with two attached hydrogens (primary N) is 1. The van der Waals surface area contributed by atoms with Gasteiger partial charge in [-0.15, -0.1) is 0 Å². The number of hydrogen-bond acceptors (Lipinski definition) is 6. The molecule has 1 amide bonds. The van der Waals surface area contributed by atoms with E-state index in [0.717, 1.165) is 0 Å². The molecule has 7 nitrogen and oxygen atoms in total. The summed E-state index contributed by atoms with van der Waals surface area (Å²) in [5.74, 6) is 0.776. The van der Waals surface area contributed by atoms with Crippen molar-refractivity contribution in [3.8, 4) is 0 Å². The maximum absolute atomic E-state index is 12.1. The minimum atomic E-state index is -0.350. The Labute approximate surface area is 105 Å². The number of anilines is 2. The van der Waals surface area contributed by atoms with Crippen molar-refractivity contribution in [1.29, 1.82) is 0 Å². The van der Waals surface area contributed by atoms with Gasteiger partial charge in [-0.25, -0.2) is 4.98 Å². The van der Waals surface area contributed by atoms with Crippen LogP contribution in [0.1, 0.15) is 6.92 Å². The van der Waals surface area contributed by atoms with Gasteiger partial charge in [0.15, 0.2) is 0 Å². The molecule has 1 atom stereocenters. The van der Waals surface area contributed by atoms with Crippen LogP contribution in [0.5, 0.6) is 0 Å². The SMILES string of the molecule is CC(Nc1ccnc(N)n1)C(=O)N1CCOCC1. The van der Waals surface area contributed by atoms with Crippen LogP contribution >= 0.6 is 0 Å². The Hall–Kier alpha value is -1.89. The molecule has 0 radical (unpaired) electrons. The van der Waals surface area contributed by atoms with E-state index >= 15 is 0 Å². The molecule has 1 aromatic heterocycles. The molecular weight excluding hydrogens is 234 g/mol. The Balaban J connectivity index is 1.94. The van der Waals surface area contributed by atoms with E-state index in [-0.39, 0.29) is 17.9 Å². The minimum Gasteiger partial charge on any atom is -0.378 e. The lowest BCUT2D eigenvalue weighted by Gasteiger charge is -2.29. The maximum Gasteiger partial charge on any atom is 0.244 e. The number of carbonyl (C=O) groups excluding carboxylic acids is 1. The molecule has 0 bridgehead atoms. The van der Waals surface area contributed by atoms with Crippen LogP contribution in [0.2, 0.25) is 0 Å². The molecule has 1 fully saturated rings. The Morgan fingerprint density at radius 1 is 1.56 bits per heavy atom. The molecule has 1 aliphatic heterocycles. The first kappa shape index (κ1) is 12.6. The first-order valence-corrected chi connectivity index (χ1v) is 5.88. The van der Waals surface area contributed by atoms with Gasteiger partial charge in [0.05, 0.1) is 13.2 Å². The molecule has 98 valence electrons. The minimum absolute atomic E-state index is 0.0375. The van der Waals surface area contributed by atoms with Gasteiger partial charge in [-0.1, -0.05) is 0 Å². The molecule has 1 aliphatic rings. The summed E-state index contributed by atoms with van der Waals surface area (Å²) in [6.45, 7) is 4.27. The third-order valence-corrected chi connectivity index (χ3v) is 2.73. The molecule has 1 saturated heterocycles. The summed E-state index contributed by atoms with van der Waals surface area (Å²) in [7, 11) is 0. The summed E-state index contributed by atoms with van der Waals surface area (Å²) < 4.78 is 5.21. The molecule has 1 unspecified atom stereocenters. The van der Waals surface area contributed by atoms with Gasteiger partial charge in [0.25, 0.3) is 0 Å². The standard InChI is InChI=1S/C11H17N5O2/c1-8(10(17)16-4-6-18-7-5-16)14-9-2-3-13-11(12)15-9/h2-3,8H,4-7H2,1H3,(H3,12,13,14,15). The summed E-state index contributed by atoms with van der Waals surface area (Å²) in [6.07, 6.45) is 1.55. The molecule has 3 N–H and O–H groups in total. The van der Waals surface area contributed by atoms with Crippen LogP contribution in [-0.2, 0) is 9.53 Å². The quantitative estimate of drug-likeness (QED) is 0.767. The highest BCUT2D eigenvalue weighted by molar-refractivity contribution is 5.84. The van der Waals surface area contributed by atoms with Crippen molar-refractivity contribution in [1.82, 2.24) is 14.9 Å². The van der Waals surface area contributed by atoms with E-state index in [1.165, 1.54) is 0 Å². The van der Waals surface area contributed by atoms with Crippen molar-refractivity contribution < 1.29 is 9.53 Å². The Bertz CT molecular complexity index is 420. The zero-order valence-electron chi connectivity index (χ0n) is 10.3. The average molecular weight is 251 g/mol. The number of hydrogen-bond donors (Lipinski definition) is 2. The molecular formula is C11H17N5O2. The van der Waals surface area contributed by atoms with Gasteiger partial charge >= 0.3 is 0 Å². The monoisotopic (exact) mass is 251 g/mol. The van der Waals surface area contributed by atoms with Crippen LogP contribution in [0.3, 0.4) is 0 Å². The third kappa shape index (κ3) is 3.07. The number of nitrogens with one attached hydrogen (secondary N) is 1. The molecule has 0 aromatic carbocycles. The first-order chi connectivity index (χ1) is 8.66. The molecule has 1 aromatic rings. The zero-order chi connectivity index (χ0) is 13.0. The second kappa shape index (κ2) is 5.63. The third-order valence-electron chi connectivity index (χ3n) is 2.73. The van der Waals surface area contributed by atoms with E-state index in [1.807, 2.05) is 0 Å². The van der Waals surface area contributed by atoms with E-state index in [1.54, 1.807) is 24.1 Å². The number of amides is 1. The average Bonchev–Trinajstić information content (AvgIpc) is 2.39. The van der Waals surface area contributed by atoms with Crippen molar-refractivity contribution in [3.63, 3.8) is 0 Å². The fourth-order valence-electron chi connectivity index (χ4n) is 1.80. The summed E-state index contributed by atoms with van der Waals surface area (Å²) in [6, 6.07) is 1.33. The fraction of sp³-hybridized carbons (Fsp3) is 0.545. The highest BCUT2D eigenvalue weighted by Crippen LogP contribution is 2.07. The molecule has 2 rings (SSSR count). The van der Waals surface area contributed by atoms with E-state index in [9.17, 15) is 4.79 Å². The number of nitrogens with zero attached hydrogens (tertiary/aromatic N) is 3. The molecule has 0 aliphatic carbocycles. The first-order valence-electron chi connectivity index (χ1n) is 5.88. The van der Waals surface area contributed by atoms with Crippen LogP contribution in [0.4, 0.5) is 11.8 Å². The molecule has 0 saturated carbocycles. The second-order valence-electron chi connectivity index (χ2n) is 4.10. The van der Waals surface area contributed by atoms with Crippen LogP contribution < -0.4 is 11.1 Å². The fourth-order valence-corrected chi connectivity index (χ4v) is 1.80. The predicted octanol–water partition coefficient (Wildman–Crippen LogP) is -0.282. The van der Waals surface area contributed by atoms with Gasteiger partial charge in [-0.2, -0.15) is 4.98 Å². The van der Waals surface area contributed by atoms with Crippen molar-refractivity contribution in [3.05, 3.63) is 12.3 Å². The van der Waals surface area contributed by atoms with Gasteiger partial charge in [-0.3, -0.25) is 4.79 Å². The number of carbonyl (C=O) groups is 1. The Morgan fingerprint density at radius 2 is 2.28 bits per heavy atom. The lowest BCUT2D eigenvalue weighted by Crippen LogP contribution is -2.47. The Kier molecular flexibility index (Phi) is 3.93. The van der Waals surface area contributed by atoms with Crippen LogP contribution in [-0.4, -0.2) is 53.1 Å². The lowest BCUT2D eigenvalue weighted by molar-refractivity contribution is -0.135. The van der Waals surface area contributed by atoms with Gasteiger partial charge in [0.2, 0.25) is 11.9 Å². The van der Waals surface area contributed by atoms with E-state index in [4.69, 9.17) is 10.5 Å². The number of ether oxygens (including phenoxy) is 1. The van der Waals surface area contributed by atoms with Crippen molar-refractivity contribution in [2.45, 2.75) is 13.0 Å². The molecule has 2 heterocycles. The highest BCUT2D eigenvalue weighted by Gasteiger charge is 2.22. The number of aromatic nitrogens is 2. The smallest absolute Gasteiger partial charge is 0.244 e.